The molecule has 0 fully saturated rings. The van der Waals surface area contributed by atoms with Gasteiger partial charge in [0.25, 0.3) is 0 Å². The van der Waals surface area contributed by atoms with Crippen molar-refractivity contribution in [3.8, 4) is 0 Å². The lowest BCUT2D eigenvalue weighted by molar-refractivity contribution is -0.111. The second-order valence-corrected chi connectivity index (χ2v) is 7.25. The van der Waals surface area contributed by atoms with Crippen molar-refractivity contribution in [2.24, 2.45) is 0 Å². The molecule has 0 bridgehead atoms. The Balaban J connectivity index is 1.79. The first-order valence-corrected chi connectivity index (χ1v) is 9.18. The van der Waals surface area contributed by atoms with Gasteiger partial charge in [0.05, 0.1) is 12.7 Å². The van der Waals surface area contributed by atoms with Gasteiger partial charge in [-0.1, -0.05) is 29.8 Å². The average molecular weight is 355 g/mol. The summed E-state index contributed by atoms with van der Waals surface area (Å²) in [6.45, 7) is 2.02. The fraction of sp³-hybridized carbons (Fsp3) is 0.300. The molecule has 3 rings (SSSR count). The van der Waals surface area contributed by atoms with Crippen LogP contribution in [0.4, 0.5) is 5.00 Å². The number of methoxy groups -OCH3 is 1. The van der Waals surface area contributed by atoms with Crippen molar-refractivity contribution in [3.63, 3.8) is 0 Å². The maximum atomic E-state index is 12.3. The normalized spacial score (nSPS) is 13.5. The summed E-state index contributed by atoms with van der Waals surface area (Å²) < 4.78 is 4.92. The summed E-state index contributed by atoms with van der Waals surface area (Å²) in [5.74, 6) is -0.624. The van der Waals surface area contributed by atoms with Gasteiger partial charge in [0.2, 0.25) is 5.91 Å². The molecule has 5 heteroatoms. The summed E-state index contributed by atoms with van der Waals surface area (Å²) in [5, 5.41) is 3.45. The summed E-state index contributed by atoms with van der Waals surface area (Å²) in [6.07, 6.45) is 7.26. The van der Waals surface area contributed by atoms with E-state index in [1.54, 1.807) is 6.08 Å². The van der Waals surface area contributed by atoms with Crippen molar-refractivity contribution in [2.45, 2.75) is 32.6 Å². The molecule has 130 valence electrons. The number of esters is 1. The van der Waals surface area contributed by atoms with Crippen LogP contribution in [0, 0.1) is 6.92 Å². The van der Waals surface area contributed by atoms with Crippen molar-refractivity contribution in [1.82, 2.24) is 0 Å². The van der Waals surface area contributed by atoms with Crippen LogP contribution in [-0.2, 0) is 22.4 Å². The van der Waals surface area contributed by atoms with Crippen LogP contribution in [0.3, 0.4) is 0 Å². The Morgan fingerprint density at radius 1 is 1.16 bits per heavy atom. The summed E-state index contributed by atoms with van der Waals surface area (Å²) in [6, 6.07) is 7.92. The van der Waals surface area contributed by atoms with Gasteiger partial charge < -0.3 is 10.1 Å². The quantitative estimate of drug-likeness (QED) is 0.654. The third kappa shape index (κ3) is 3.99. The van der Waals surface area contributed by atoms with Crippen molar-refractivity contribution < 1.29 is 14.3 Å². The summed E-state index contributed by atoms with van der Waals surface area (Å²) >= 11 is 1.49. The van der Waals surface area contributed by atoms with Crippen LogP contribution in [0.25, 0.3) is 6.08 Å². The molecule has 0 spiro atoms. The molecule has 0 unspecified atom stereocenters. The number of anilines is 1. The van der Waals surface area contributed by atoms with E-state index in [2.05, 4.69) is 5.32 Å². The zero-order valence-corrected chi connectivity index (χ0v) is 15.2. The second kappa shape index (κ2) is 7.66. The largest absolute Gasteiger partial charge is 0.465 e. The number of fused-ring (bicyclic) bond motifs is 1. The molecular formula is C20H21NO3S. The summed E-state index contributed by atoms with van der Waals surface area (Å²) in [7, 11) is 1.37. The number of thiophene rings is 1. The highest BCUT2D eigenvalue weighted by molar-refractivity contribution is 7.17. The number of nitrogens with one attached hydrogen (secondary N) is 1. The van der Waals surface area contributed by atoms with Crippen LogP contribution < -0.4 is 5.32 Å². The molecule has 4 nitrogen and oxygen atoms in total. The van der Waals surface area contributed by atoms with E-state index in [0.717, 1.165) is 36.8 Å². The first-order chi connectivity index (χ1) is 12.1. The smallest absolute Gasteiger partial charge is 0.341 e. The molecule has 25 heavy (non-hydrogen) atoms. The lowest BCUT2D eigenvalue weighted by Crippen LogP contribution is -2.13. The third-order valence-corrected chi connectivity index (χ3v) is 5.51. The van der Waals surface area contributed by atoms with Crippen LogP contribution in [0.5, 0.6) is 0 Å². The Bertz CT molecular complexity index is 818. The topological polar surface area (TPSA) is 55.4 Å². The van der Waals surface area contributed by atoms with Gasteiger partial charge in [-0.25, -0.2) is 4.79 Å². The van der Waals surface area contributed by atoms with Gasteiger partial charge in [-0.2, -0.15) is 0 Å². The van der Waals surface area contributed by atoms with E-state index in [9.17, 15) is 9.59 Å². The maximum absolute atomic E-state index is 12.3. The molecule has 0 saturated carbocycles. The van der Waals surface area contributed by atoms with Crippen LogP contribution in [0.1, 0.15) is 44.8 Å². The molecule has 1 amide bonds. The predicted molar refractivity (Wildman–Crippen MR) is 101 cm³/mol. The molecular weight excluding hydrogens is 334 g/mol. The van der Waals surface area contributed by atoms with E-state index in [-0.39, 0.29) is 11.9 Å². The number of aryl methyl sites for hydroxylation is 2. The third-order valence-electron chi connectivity index (χ3n) is 4.30. The summed E-state index contributed by atoms with van der Waals surface area (Å²) in [4.78, 5) is 25.6. The number of carbonyl (C=O) groups is 2. The molecule has 0 radical (unpaired) electrons. The zero-order chi connectivity index (χ0) is 17.8. The highest BCUT2D eigenvalue weighted by atomic mass is 32.1. The van der Waals surface area contributed by atoms with E-state index in [1.807, 2.05) is 31.2 Å². The highest BCUT2D eigenvalue weighted by Gasteiger charge is 2.26. The van der Waals surface area contributed by atoms with Gasteiger partial charge >= 0.3 is 5.97 Å². The van der Waals surface area contributed by atoms with Crippen LogP contribution in [0.15, 0.2) is 30.3 Å². The minimum absolute atomic E-state index is 0.246. The van der Waals surface area contributed by atoms with E-state index < -0.39 is 0 Å². The minimum Gasteiger partial charge on any atom is -0.465 e. The van der Waals surface area contributed by atoms with Crippen molar-refractivity contribution >= 4 is 34.3 Å². The highest BCUT2D eigenvalue weighted by Crippen LogP contribution is 2.38. The number of carbonyl (C=O) groups excluding carboxylic acids is 2. The monoisotopic (exact) mass is 355 g/mol. The molecule has 0 aliphatic heterocycles. The number of hydrogen-bond donors (Lipinski definition) is 1. The molecule has 1 aliphatic carbocycles. The van der Waals surface area contributed by atoms with Crippen LogP contribution >= 0.6 is 11.3 Å². The number of benzene rings is 1. The van der Waals surface area contributed by atoms with Gasteiger partial charge in [-0.15, -0.1) is 11.3 Å². The molecule has 1 aromatic heterocycles. The molecule has 0 saturated heterocycles. The van der Waals surface area contributed by atoms with Gasteiger partial charge in [-0.3, -0.25) is 4.79 Å². The van der Waals surface area contributed by atoms with E-state index in [0.29, 0.717) is 10.6 Å². The fourth-order valence-electron chi connectivity index (χ4n) is 2.97. The van der Waals surface area contributed by atoms with E-state index in [4.69, 9.17) is 4.74 Å². The molecule has 1 aliphatic rings. The zero-order valence-electron chi connectivity index (χ0n) is 14.4. The SMILES string of the molecule is COC(=O)c1c(NC(=O)/C=C/c2ccc(C)cc2)sc2c1CCCC2. The number of ether oxygens (including phenoxy) is 1. The minimum atomic E-state index is -0.378. The first kappa shape index (κ1) is 17.4. The maximum Gasteiger partial charge on any atom is 0.341 e. The van der Waals surface area contributed by atoms with E-state index in [1.165, 1.54) is 35.0 Å². The number of amides is 1. The van der Waals surface area contributed by atoms with Crippen molar-refractivity contribution in [3.05, 3.63) is 57.5 Å². The molecule has 1 N–H and O–H groups in total. The van der Waals surface area contributed by atoms with Gasteiger partial charge in [0.1, 0.15) is 5.00 Å². The van der Waals surface area contributed by atoms with Crippen molar-refractivity contribution in [1.29, 1.82) is 0 Å². The van der Waals surface area contributed by atoms with Crippen molar-refractivity contribution in [2.75, 3.05) is 12.4 Å². The Hall–Kier alpha value is -2.40. The Morgan fingerprint density at radius 3 is 2.60 bits per heavy atom. The Morgan fingerprint density at radius 2 is 1.88 bits per heavy atom. The molecule has 1 heterocycles. The van der Waals surface area contributed by atoms with Gasteiger partial charge in [0, 0.05) is 11.0 Å². The van der Waals surface area contributed by atoms with E-state index >= 15 is 0 Å². The molecule has 0 atom stereocenters. The van der Waals surface area contributed by atoms with Gasteiger partial charge in [-0.05, 0) is 49.8 Å². The van der Waals surface area contributed by atoms with Crippen LogP contribution in [0.2, 0.25) is 0 Å². The Labute approximate surface area is 151 Å². The number of hydrogen-bond acceptors (Lipinski definition) is 4. The Kier molecular flexibility index (Phi) is 5.34. The first-order valence-electron chi connectivity index (χ1n) is 8.37. The molecule has 1 aromatic carbocycles. The fourth-order valence-corrected chi connectivity index (χ4v) is 4.26. The lowest BCUT2D eigenvalue weighted by Gasteiger charge is -2.11. The standard InChI is InChI=1S/C20H21NO3S/c1-13-7-9-14(10-8-13)11-12-17(22)21-19-18(20(23)24-2)15-5-3-4-6-16(15)25-19/h7-12H,3-6H2,1-2H3,(H,21,22)/b12-11+. The lowest BCUT2D eigenvalue weighted by atomic mass is 9.95. The van der Waals surface area contributed by atoms with Gasteiger partial charge in [0.15, 0.2) is 0 Å². The van der Waals surface area contributed by atoms with Crippen LogP contribution in [-0.4, -0.2) is 19.0 Å². The summed E-state index contributed by atoms with van der Waals surface area (Å²) in [5.41, 5.74) is 3.70. The molecule has 2 aromatic rings. The average Bonchev–Trinajstić information content (AvgIpc) is 2.98. The number of rotatable bonds is 4. The predicted octanol–water partition coefficient (Wildman–Crippen LogP) is 4.37. The second-order valence-electron chi connectivity index (χ2n) is 6.14.